The standard InChI is InChI=1S/C16H21BrN4/c1-3-9-18-15-14(17)16(21-11-20-15)19-10-13-8-6-5-7-12(13)4-2/h5-8,11H,3-4,9-10H2,1-2H3,(H2,18,19,20,21). The molecule has 0 aliphatic heterocycles. The van der Waals surface area contributed by atoms with Crippen molar-refractivity contribution in [1.29, 1.82) is 0 Å². The molecule has 0 radical (unpaired) electrons. The number of hydrogen-bond donors (Lipinski definition) is 2. The van der Waals surface area contributed by atoms with Crippen molar-refractivity contribution in [3.63, 3.8) is 0 Å². The van der Waals surface area contributed by atoms with Crippen molar-refractivity contribution < 1.29 is 0 Å². The van der Waals surface area contributed by atoms with Gasteiger partial charge in [0, 0.05) is 13.1 Å². The molecule has 5 heteroatoms. The number of aryl methyl sites for hydroxylation is 1. The molecule has 112 valence electrons. The molecule has 0 amide bonds. The Morgan fingerprint density at radius 1 is 1.00 bits per heavy atom. The molecule has 2 aromatic rings. The Morgan fingerprint density at radius 2 is 1.67 bits per heavy atom. The maximum atomic E-state index is 4.31. The fourth-order valence-corrected chi connectivity index (χ4v) is 2.60. The van der Waals surface area contributed by atoms with Crippen molar-refractivity contribution in [2.45, 2.75) is 33.2 Å². The molecule has 0 saturated carbocycles. The first-order chi connectivity index (χ1) is 10.3. The second-order valence-corrected chi connectivity index (χ2v) is 5.58. The average Bonchev–Trinajstić information content (AvgIpc) is 2.53. The SMILES string of the molecule is CCCNc1ncnc(NCc2ccccc2CC)c1Br. The Kier molecular flexibility index (Phi) is 5.99. The zero-order valence-electron chi connectivity index (χ0n) is 12.5. The lowest BCUT2D eigenvalue weighted by atomic mass is 10.1. The Hall–Kier alpha value is -1.62. The summed E-state index contributed by atoms with van der Waals surface area (Å²) in [5.41, 5.74) is 2.66. The highest BCUT2D eigenvalue weighted by Gasteiger charge is 2.08. The van der Waals surface area contributed by atoms with Gasteiger partial charge in [-0.3, -0.25) is 0 Å². The van der Waals surface area contributed by atoms with Crippen molar-refractivity contribution >= 4 is 27.6 Å². The number of nitrogens with one attached hydrogen (secondary N) is 2. The van der Waals surface area contributed by atoms with Crippen molar-refractivity contribution in [3.8, 4) is 0 Å². The Bertz CT molecular complexity index is 586. The highest BCUT2D eigenvalue weighted by atomic mass is 79.9. The molecule has 0 aliphatic carbocycles. The van der Waals surface area contributed by atoms with Gasteiger partial charge in [0.25, 0.3) is 0 Å². The predicted octanol–water partition coefficient (Wildman–Crippen LogP) is 4.24. The molecule has 1 heterocycles. The highest BCUT2D eigenvalue weighted by molar-refractivity contribution is 9.10. The topological polar surface area (TPSA) is 49.8 Å². The van der Waals surface area contributed by atoms with Gasteiger partial charge in [-0.1, -0.05) is 38.1 Å². The predicted molar refractivity (Wildman–Crippen MR) is 91.7 cm³/mol. The Labute approximate surface area is 134 Å². The summed E-state index contributed by atoms with van der Waals surface area (Å²) >= 11 is 3.57. The minimum absolute atomic E-state index is 0.757. The summed E-state index contributed by atoms with van der Waals surface area (Å²) in [6, 6.07) is 8.46. The summed E-state index contributed by atoms with van der Waals surface area (Å²) in [5, 5.41) is 6.67. The van der Waals surface area contributed by atoms with Crippen LogP contribution in [0.15, 0.2) is 35.1 Å². The summed E-state index contributed by atoms with van der Waals surface area (Å²) in [6.45, 7) is 5.95. The summed E-state index contributed by atoms with van der Waals surface area (Å²) < 4.78 is 0.882. The summed E-state index contributed by atoms with van der Waals surface area (Å²) in [6.07, 6.45) is 3.67. The van der Waals surface area contributed by atoms with Crippen LogP contribution in [-0.2, 0) is 13.0 Å². The zero-order valence-corrected chi connectivity index (χ0v) is 14.1. The molecular weight excluding hydrogens is 328 g/mol. The lowest BCUT2D eigenvalue weighted by molar-refractivity contribution is 0.959. The molecule has 1 aromatic heterocycles. The van der Waals surface area contributed by atoms with E-state index in [0.29, 0.717) is 0 Å². The van der Waals surface area contributed by atoms with Gasteiger partial charge in [0.05, 0.1) is 0 Å². The van der Waals surface area contributed by atoms with E-state index in [0.717, 1.165) is 42.0 Å². The van der Waals surface area contributed by atoms with Crippen LogP contribution >= 0.6 is 15.9 Å². The van der Waals surface area contributed by atoms with Gasteiger partial charge in [-0.25, -0.2) is 9.97 Å². The smallest absolute Gasteiger partial charge is 0.146 e. The molecule has 0 atom stereocenters. The molecule has 0 bridgehead atoms. The van der Waals surface area contributed by atoms with Crippen molar-refractivity contribution in [2.24, 2.45) is 0 Å². The second-order valence-electron chi connectivity index (χ2n) is 4.79. The lowest BCUT2D eigenvalue weighted by Gasteiger charge is -2.13. The fraction of sp³-hybridized carbons (Fsp3) is 0.375. The van der Waals surface area contributed by atoms with Crippen LogP contribution in [0.2, 0.25) is 0 Å². The third-order valence-corrected chi connectivity index (χ3v) is 4.03. The van der Waals surface area contributed by atoms with E-state index in [9.17, 15) is 0 Å². The molecule has 2 rings (SSSR count). The lowest BCUT2D eigenvalue weighted by Crippen LogP contribution is -2.08. The van der Waals surface area contributed by atoms with Crippen LogP contribution in [0, 0.1) is 0 Å². The zero-order chi connectivity index (χ0) is 15.1. The van der Waals surface area contributed by atoms with E-state index in [2.05, 4.69) is 74.6 Å². The van der Waals surface area contributed by atoms with Gasteiger partial charge in [-0.2, -0.15) is 0 Å². The van der Waals surface area contributed by atoms with Crippen molar-refractivity contribution in [3.05, 3.63) is 46.2 Å². The highest BCUT2D eigenvalue weighted by Crippen LogP contribution is 2.27. The number of aromatic nitrogens is 2. The molecule has 4 nitrogen and oxygen atoms in total. The number of hydrogen-bond acceptors (Lipinski definition) is 4. The Morgan fingerprint density at radius 3 is 2.33 bits per heavy atom. The number of anilines is 2. The van der Waals surface area contributed by atoms with Crippen molar-refractivity contribution in [1.82, 2.24) is 9.97 Å². The van der Waals surface area contributed by atoms with E-state index >= 15 is 0 Å². The average molecular weight is 349 g/mol. The number of rotatable bonds is 7. The summed E-state index contributed by atoms with van der Waals surface area (Å²) in [4.78, 5) is 8.56. The molecule has 1 aromatic carbocycles. The van der Waals surface area contributed by atoms with Crippen LogP contribution in [0.25, 0.3) is 0 Å². The van der Waals surface area contributed by atoms with Gasteiger partial charge in [0.1, 0.15) is 22.4 Å². The van der Waals surface area contributed by atoms with Gasteiger partial charge < -0.3 is 10.6 Å². The van der Waals surface area contributed by atoms with E-state index < -0.39 is 0 Å². The number of nitrogens with zero attached hydrogens (tertiary/aromatic N) is 2. The minimum Gasteiger partial charge on any atom is -0.369 e. The summed E-state index contributed by atoms with van der Waals surface area (Å²) in [7, 11) is 0. The quantitative estimate of drug-likeness (QED) is 0.785. The second kappa shape index (κ2) is 7.98. The van der Waals surface area contributed by atoms with Crippen LogP contribution < -0.4 is 10.6 Å². The first-order valence-corrected chi connectivity index (χ1v) is 8.10. The summed E-state index contributed by atoms with van der Waals surface area (Å²) in [5.74, 6) is 1.65. The molecule has 2 N–H and O–H groups in total. The van der Waals surface area contributed by atoms with E-state index in [1.54, 1.807) is 6.33 Å². The molecule has 0 saturated heterocycles. The first-order valence-electron chi connectivity index (χ1n) is 7.31. The largest absolute Gasteiger partial charge is 0.369 e. The van der Waals surface area contributed by atoms with Gasteiger partial charge in [0.15, 0.2) is 0 Å². The first kappa shape index (κ1) is 15.8. The maximum Gasteiger partial charge on any atom is 0.146 e. The third-order valence-electron chi connectivity index (χ3n) is 3.28. The van der Waals surface area contributed by atoms with E-state index in [-0.39, 0.29) is 0 Å². The molecule has 0 aliphatic rings. The van der Waals surface area contributed by atoms with Crippen LogP contribution in [0.1, 0.15) is 31.4 Å². The normalized spacial score (nSPS) is 10.4. The van der Waals surface area contributed by atoms with Gasteiger partial charge >= 0.3 is 0 Å². The molecule has 0 spiro atoms. The van der Waals surface area contributed by atoms with E-state index in [1.807, 2.05) is 0 Å². The maximum absolute atomic E-state index is 4.31. The minimum atomic E-state index is 0.757. The van der Waals surface area contributed by atoms with Crippen LogP contribution in [-0.4, -0.2) is 16.5 Å². The van der Waals surface area contributed by atoms with E-state index in [1.165, 1.54) is 11.1 Å². The van der Waals surface area contributed by atoms with Crippen molar-refractivity contribution in [2.75, 3.05) is 17.2 Å². The van der Waals surface area contributed by atoms with Crippen LogP contribution in [0.3, 0.4) is 0 Å². The van der Waals surface area contributed by atoms with Gasteiger partial charge in [-0.15, -0.1) is 0 Å². The van der Waals surface area contributed by atoms with E-state index in [4.69, 9.17) is 0 Å². The molecule has 0 fully saturated rings. The fourth-order valence-electron chi connectivity index (χ4n) is 2.11. The van der Waals surface area contributed by atoms with Crippen LogP contribution in [0.4, 0.5) is 11.6 Å². The number of halogens is 1. The van der Waals surface area contributed by atoms with Crippen LogP contribution in [0.5, 0.6) is 0 Å². The van der Waals surface area contributed by atoms with Gasteiger partial charge in [0.2, 0.25) is 0 Å². The molecular formula is C16H21BrN4. The van der Waals surface area contributed by atoms with Gasteiger partial charge in [-0.05, 0) is 39.9 Å². The number of benzene rings is 1. The monoisotopic (exact) mass is 348 g/mol. The Balaban J connectivity index is 2.09. The third kappa shape index (κ3) is 4.17. The molecule has 21 heavy (non-hydrogen) atoms. The molecule has 0 unspecified atom stereocenters.